The Kier molecular flexibility index (Phi) is 9.04. The highest BCUT2D eigenvalue weighted by Crippen LogP contribution is 2.38. The number of anilines is 3. The average Bonchev–Trinajstić information content (AvgIpc) is 3.52. The van der Waals surface area contributed by atoms with Crippen molar-refractivity contribution in [2.45, 2.75) is 31.9 Å². The molecule has 4 heterocycles. The predicted molar refractivity (Wildman–Crippen MR) is 171 cm³/mol. The van der Waals surface area contributed by atoms with E-state index in [2.05, 4.69) is 50.9 Å². The molecule has 2 fully saturated rings. The van der Waals surface area contributed by atoms with Crippen LogP contribution in [0.3, 0.4) is 0 Å². The molecule has 8 nitrogen and oxygen atoms in total. The first kappa shape index (κ1) is 29.7. The van der Waals surface area contributed by atoms with Crippen LogP contribution in [0.5, 0.6) is 5.75 Å². The third-order valence-corrected chi connectivity index (χ3v) is 8.97. The molecule has 2 saturated heterocycles. The Hall–Kier alpha value is -3.37. The maximum absolute atomic E-state index is 14.4. The van der Waals surface area contributed by atoms with Gasteiger partial charge < -0.3 is 25.2 Å². The van der Waals surface area contributed by atoms with Gasteiger partial charge in [0, 0.05) is 71.7 Å². The van der Waals surface area contributed by atoms with Crippen molar-refractivity contribution in [2.24, 2.45) is 0 Å². The average molecular weight is 625 g/mol. The second-order valence-corrected chi connectivity index (χ2v) is 12.0. The number of piperidine rings is 1. The minimum Gasteiger partial charge on any atom is -0.482 e. The van der Waals surface area contributed by atoms with Crippen molar-refractivity contribution in [2.75, 3.05) is 56.5 Å². The van der Waals surface area contributed by atoms with Crippen LogP contribution in [0, 0.1) is 5.82 Å². The Morgan fingerprint density at radius 1 is 1.00 bits per heavy atom. The highest BCUT2D eigenvalue weighted by atomic mass is 35.5. The van der Waals surface area contributed by atoms with Gasteiger partial charge in [-0.3, -0.25) is 4.68 Å². The maximum atomic E-state index is 14.4. The first-order chi connectivity index (χ1) is 20.9. The molecule has 1 atom stereocenters. The quantitative estimate of drug-likeness (QED) is 0.206. The highest BCUT2D eigenvalue weighted by molar-refractivity contribution is 6.36. The first-order valence-corrected chi connectivity index (χ1v) is 15.5. The second-order valence-electron chi connectivity index (χ2n) is 11.2. The van der Waals surface area contributed by atoms with E-state index in [0.717, 1.165) is 68.9 Å². The van der Waals surface area contributed by atoms with E-state index in [9.17, 15) is 4.39 Å². The number of hydrogen-bond donors (Lipinski definition) is 2. The number of aromatic nitrogens is 3. The molecule has 0 bridgehead atoms. The molecule has 4 aromatic rings. The number of hydrogen-bond acceptors (Lipinski definition) is 7. The molecule has 0 unspecified atom stereocenters. The molecule has 2 N–H and O–H groups in total. The minimum absolute atomic E-state index is 0.0543. The standard InChI is InChI=1S/C32H36Cl2FN7O/c1-21(30-27(33)7-8-28(35)31(30)34)43-29-17-22(23-19-38-42(20-23)26-9-11-36-12-10-26)18-37-32(29)39-24-3-5-25(6-4-24)41-15-13-40(2)14-16-41/h3-8,17-21,26,36H,9-16H2,1-2H3,(H,37,39)/t21-/m1/s1. The Bertz CT molecular complexity index is 1550. The van der Waals surface area contributed by atoms with E-state index < -0.39 is 11.9 Å². The van der Waals surface area contributed by atoms with Gasteiger partial charge in [0.05, 0.1) is 17.3 Å². The van der Waals surface area contributed by atoms with Crippen LogP contribution >= 0.6 is 23.2 Å². The van der Waals surface area contributed by atoms with Crippen LogP contribution in [-0.2, 0) is 0 Å². The number of piperazine rings is 1. The third kappa shape index (κ3) is 6.75. The zero-order chi connectivity index (χ0) is 29.9. The Morgan fingerprint density at radius 2 is 1.74 bits per heavy atom. The van der Waals surface area contributed by atoms with Crippen molar-refractivity contribution in [3.63, 3.8) is 0 Å². The lowest BCUT2D eigenvalue weighted by Crippen LogP contribution is -2.44. The number of nitrogens with one attached hydrogen (secondary N) is 2. The van der Waals surface area contributed by atoms with Gasteiger partial charge in [-0.25, -0.2) is 9.37 Å². The first-order valence-electron chi connectivity index (χ1n) is 14.7. The molecule has 0 spiro atoms. The molecule has 11 heteroatoms. The molecule has 43 heavy (non-hydrogen) atoms. The molecule has 2 aromatic carbocycles. The molecule has 2 aromatic heterocycles. The Labute approximate surface area is 261 Å². The van der Waals surface area contributed by atoms with Crippen LogP contribution < -0.4 is 20.3 Å². The molecule has 0 saturated carbocycles. The normalized spacial score (nSPS) is 17.2. The molecule has 6 rings (SSSR count). The summed E-state index contributed by atoms with van der Waals surface area (Å²) in [5, 5.41) is 11.7. The summed E-state index contributed by atoms with van der Waals surface area (Å²) in [6.45, 7) is 7.86. The molecule has 2 aliphatic heterocycles. The Morgan fingerprint density at radius 3 is 2.49 bits per heavy atom. The van der Waals surface area contributed by atoms with Gasteiger partial charge in [0.2, 0.25) is 0 Å². The SMILES string of the molecule is C[C@@H](Oc1cc(-c2cnn(C3CCNCC3)c2)cnc1Nc1ccc(N2CCN(C)CC2)cc1)c1c(Cl)ccc(F)c1Cl. The van der Waals surface area contributed by atoms with Crippen LogP contribution in [0.15, 0.2) is 61.1 Å². The van der Waals surface area contributed by atoms with E-state index in [4.69, 9.17) is 32.9 Å². The van der Waals surface area contributed by atoms with Crippen LogP contribution in [0.1, 0.15) is 37.5 Å². The van der Waals surface area contributed by atoms with Crippen LogP contribution in [0.2, 0.25) is 10.0 Å². The summed E-state index contributed by atoms with van der Waals surface area (Å²) in [5.41, 5.74) is 4.24. The van der Waals surface area contributed by atoms with E-state index in [0.29, 0.717) is 28.2 Å². The van der Waals surface area contributed by atoms with Crippen molar-refractivity contribution >= 4 is 40.4 Å². The van der Waals surface area contributed by atoms with E-state index >= 15 is 0 Å². The summed E-state index contributed by atoms with van der Waals surface area (Å²) in [6, 6.07) is 13.4. The summed E-state index contributed by atoms with van der Waals surface area (Å²) in [6.07, 6.45) is 7.16. The Balaban J connectivity index is 1.28. The third-order valence-electron chi connectivity index (χ3n) is 8.26. The van der Waals surface area contributed by atoms with Crippen LogP contribution in [-0.4, -0.2) is 66.0 Å². The monoisotopic (exact) mass is 623 g/mol. The van der Waals surface area contributed by atoms with Crippen molar-refractivity contribution in [3.8, 4) is 16.9 Å². The molecule has 0 amide bonds. The largest absolute Gasteiger partial charge is 0.482 e. The van der Waals surface area contributed by atoms with Gasteiger partial charge in [0.25, 0.3) is 0 Å². The second kappa shape index (κ2) is 13.1. The summed E-state index contributed by atoms with van der Waals surface area (Å²) in [5.74, 6) is 0.462. The number of pyridine rings is 1. The van der Waals surface area contributed by atoms with Crippen LogP contribution in [0.25, 0.3) is 11.1 Å². The van der Waals surface area contributed by atoms with Crippen molar-refractivity contribution in [1.82, 2.24) is 25.0 Å². The van der Waals surface area contributed by atoms with Gasteiger partial charge in [0.15, 0.2) is 11.6 Å². The minimum atomic E-state index is -0.648. The van der Waals surface area contributed by atoms with E-state index in [1.165, 1.54) is 17.8 Å². The molecule has 0 radical (unpaired) electrons. The van der Waals surface area contributed by atoms with Crippen molar-refractivity contribution < 1.29 is 9.13 Å². The van der Waals surface area contributed by atoms with Gasteiger partial charge in [-0.2, -0.15) is 5.10 Å². The van der Waals surface area contributed by atoms with Gasteiger partial charge in [-0.05, 0) is 82.4 Å². The lowest BCUT2D eigenvalue weighted by atomic mass is 10.1. The zero-order valence-corrected chi connectivity index (χ0v) is 25.9. The van der Waals surface area contributed by atoms with Gasteiger partial charge >= 0.3 is 0 Å². The molecule has 2 aliphatic rings. The molecular weight excluding hydrogens is 588 g/mol. The number of benzene rings is 2. The lowest BCUT2D eigenvalue weighted by molar-refractivity contribution is 0.227. The fraction of sp³-hybridized carbons (Fsp3) is 0.375. The van der Waals surface area contributed by atoms with Crippen molar-refractivity contribution in [1.29, 1.82) is 0 Å². The van der Waals surface area contributed by atoms with Crippen molar-refractivity contribution in [3.05, 3.63) is 82.5 Å². The smallest absolute Gasteiger partial charge is 0.173 e. The van der Waals surface area contributed by atoms with E-state index in [1.807, 2.05) is 35.3 Å². The van der Waals surface area contributed by atoms with Gasteiger partial charge in [-0.1, -0.05) is 23.2 Å². The van der Waals surface area contributed by atoms with Gasteiger partial charge in [-0.15, -0.1) is 0 Å². The fourth-order valence-electron chi connectivity index (χ4n) is 5.67. The number of likely N-dealkylation sites (N-methyl/N-ethyl adjacent to an activating group) is 1. The number of ether oxygens (including phenoxy) is 1. The zero-order valence-electron chi connectivity index (χ0n) is 24.4. The number of nitrogens with zero attached hydrogens (tertiary/aromatic N) is 5. The highest BCUT2D eigenvalue weighted by Gasteiger charge is 2.22. The summed E-state index contributed by atoms with van der Waals surface area (Å²) in [7, 11) is 2.15. The summed E-state index contributed by atoms with van der Waals surface area (Å²) < 4.78 is 22.8. The molecule has 0 aliphatic carbocycles. The van der Waals surface area contributed by atoms with Gasteiger partial charge in [0.1, 0.15) is 11.9 Å². The molecule has 226 valence electrons. The summed E-state index contributed by atoms with van der Waals surface area (Å²) in [4.78, 5) is 9.50. The number of halogens is 3. The lowest BCUT2D eigenvalue weighted by Gasteiger charge is -2.34. The van der Waals surface area contributed by atoms with E-state index in [1.54, 1.807) is 6.92 Å². The topological polar surface area (TPSA) is 70.5 Å². The maximum Gasteiger partial charge on any atom is 0.173 e. The van der Waals surface area contributed by atoms with E-state index in [-0.39, 0.29) is 5.02 Å². The predicted octanol–water partition coefficient (Wildman–Crippen LogP) is 6.95. The number of rotatable bonds is 8. The molecular formula is C32H36Cl2FN7O. The summed E-state index contributed by atoms with van der Waals surface area (Å²) >= 11 is 12.8. The van der Waals surface area contributed by atoms with Crippen LogP contribution in [0.4, 0.5) is 21.6 Å². The fourth-order valence-corrected chi connectivity index (χ4v) is 6.34.